The van der Waals surface area contributed by atoms with Crippen molar-refractivity contribution >= 4 is 5.96 Å². The zero-order valence-electron chi connectivity index (χ0n) is 11.7. The van der Waals surface area contributed by atoms with E-state index in [1.165, 1.54) is 38.5 Å². The van der Waals surface area contributed by atoms with Crippen LogP contribution in [0.3, 0.4) is 0 Å². The van der Waals surface area contributed by atoms with E-state index in [1.54, 1.807) is 0 Å². The van der Waals surface area contributed by atoms with Crippen molar-refractivity contribution in [1.29, 1.82) is 0 Å². The minimum absolute atomic E-state index is 0.346. The van der Waals surface area contributed by atoms with Crippen molar-refractivity contribution in [3.8, 4) is 0 Å². The lowest BCUT2D eigenvalue weighted by molar-refractivity contribution is -0.112. The van der Waals surface area contributed by atoms with Crippen LogP contribution in [0, 0.1) is 16.7 Å². The van der Waals surface area contributed by atoms with Gasteiger partial charge in [0, 0.05) is 12.1 Å². The first-order valence-electron chi connectivity index (χ1n) is 7.55. The fourth-order valence-corrected chi connectivity index (χ4v) is 6.32. The molecule has 100 valence electrons. The Morgan fingerprint density at radius 2 is 1.83 bits per heavy atom. The zero-order valence-corrected chi connectivity index (χ0v) is 11.7. The highest BCUT2D eigenvalue weighted by Gasteiger charge is 2.60. The Morgan fingerprint density at radius 1 is 1.11 bits per heavy atom. The Morgan fingerprint density at radius 3 is 2.39 bits per heavy atom. The molecule has 0 aromatic rings. The maximum absolute atomic E-state index is 4.55. The van der Waals surface area contributed by atoms with Crippen molar-refractivity contribution < 1.29 is 0 Å². The van der Waals surface area contributed by atoms with Gasteiger partial charge in [-0.1, -0.05) is 13.8 Å². The van der Waals surface area contributed by atoms with Crippen molar-refractivity contribution in [2.45, 2.75) is 57.9 Å². The average Bonchev–Trinajstić information content (AvgIpc) is 2.62. The average molecular weight is 247 g/mol. The van der Waals surface area contributed by atoms with Crippen LogP contribution in [0.2, 0.25) is 0 Å². The number of guanidine groups is 1. The standard InChI is InChI=1S/C15H25N3/c1-13-5-11-6-14(2,8-13)10-15(7-11,9-13)18-12-16-3-4-17-12/h11H,3-10H2,1-2H3,(H2,16,17,18). The Kier molecular flexibility index (Phi) is 2.00. The lowest BCUT2D eigenvalue weighted by atomic mass is 9.43. The van der Waals surface area contributed by atoms with Gasteiger partial charge in [0.1, 0.15) is 0 Å². The summed E-state index contributed by atoms with van der Waals surface area (Å²) in [6, 6.07) is 0. The number of aliphatic imine (C=N–C) groups is 1. The van der Waals surface area contributed by atoms with E-state index in [2.05, 4.69) is 29.5 Å². The van der Waals surface area contributed by atoms with E-state index >= 15 is 0 Å². The zero-order chi connectivity index (χ0) is 12.4. The van der Waals surface area contributed by atoms with Crippen LogP contribution in [-0.4, -0.2) is 24.6 Å². The molecule has 0 spiro atoms. The van der Waals surface area contributed by atoms with Gasteiger partial charge in [0.15, 0.2) is 5.96 Å². The first-order chi connectivity index (χ1) is 8.49. The minimum atomic E-state index is 0.346. The molecule has 4 bridgehead atoms. The van der Waals surface area contributed by atoms with E-state index in [9.17, 15) is 0 Å². The van der Waals surface area contributed by atoms with E-state index in [0.29, 0.717) is 16.4 Å². The molecule has 3 nitrogen and oxygen atoms in total. The number of nitrogens with one attached hydrogen (secondary N) is 2. The lowest BCUT2D eigenvalue weighted by Crippen LogP contribution is -2.66. The largest absolute Gasteiger partial charge is 0.355 e. The van der Waals surface area contributed by atoms with E-state index in [1.807, 2.05) is 0 Å². The number of nitrogens with zero attached hydrogens (tertiary/aromatic N) is 1. The fourth-order valence-electron chi connectivity index (χ4n) is 6.32. The van der Waals surface area contributed by atoms with Crippen molar-refractivity contribution in [2.75, 3.05) is 13.1 Å². The van der Waals surface area contributed by atoms with Gasteiger partial charge in [-0.15, -0.1) is 0 Å². The van der Waals surface area contributed by atoms with Gasteiger partial charge in [-0.3, -0.25) is 4.99 Å². The third-order valence-electron chi connectivity index (χ3n) is 5.68. The van der Waals surface area contributed by atoms with E-state index < -0.39 is 0 Å². The summed E-state index contributed by atoms with van der Waals surface area (Å²) in [6.07, 6.45) is 8.45. The Bertz CT molecular complexity index is 396. The molecule has 18 heavy (non-hydrogen) atoms. The normalized spacial score (nSPS) is 53.2. The van der Waals surface area contributed by atoms with Crippen LogP contribution >= 0.6 is 0 Å². The van der Waals surface area contributed by atoms with Crippen molar-refractivity contribution in [3.63, 3.8) is 0 Å². The molecule has 0 aromatic carbocycles. The maximum atomic E-state index is 4.55. The third-order valence-corrected chi connectivity index (χ3v) is 5.68. The summed E-state index contributed by atoms with van der Waals surface area (Å²) in [6.45, 7) is 7.00. The van der Waals surface area contributed by atoms with E-state index in [4.69, 9.17) is 0 Å². The Labute approximate surface area is 110 Å². The van der Waals surface area contributed by atoms with Crippen molar-refractivity contribution in [3.05, 3.63) is 0 Å². The maximum Gasteiger partial charge on any atom is 0.191 e. The summed E-state index contributed by atoms with van der Waals surface area (Å²) in [5.41, 5.74) is 1.51. The second kappa shape index (κ2) is 3.23. The van der Waals surface area contributed by atoms with Crippen LogP contribution in [0.15, 0.2) is 4.99 Å². The minimum Gasteiger partial charge on any atom is -0.355 e. The number of hydrogen-bond acceptors (Lipinski definition) is 3. The number of rotatable bonds is 1. The molecule has 0 amide bonds. The molecule has 5 aliphatic rings. The van der Waals surface area contributed by atoms with Crippen LogP contribution in [0.4, 0.5) is 0 Å². The van der Waals surface area contributed by atoms with Gasteiger partial charge >= 0.3 is 0 Å². The molecule has 0 aromatic heterocycles. The molecule has 2 N–H and O–H groups in total. The molecule has 2 unspecified atom stereocenters. The van der Waals surface area contributed by atoms with Crippen molar-refractivity contribution in [2.24, 2.45) is 21.7 Å². The highest BCUT2D eigenvalue weighted by Crippen LogP contribution is 2.66. The molecule has 5 rings (SSSR count). The van der Waals surface area contributed by atoms with Crippen LogP contribution < -0.4 is 10.6 Å². The first kappa shape index (κ1) is 11.1. The Balaban J connectivity index is 1.64. The number of hydrogen-bond donors (Lipinski definition) is 2. The van der Waals surface area contributed by atoms with Gasteiger partial charge < -0.3 is 10.6 Å². The summed E-state index contributed by atoms with van der Waals surface area (Å²) in [5.74, 6) is 2.02. The Hall–Kier alpha value is -0.730. The van der Waals surface area contributed by atoms with Crippen LogP contribution in [0.25, 0.3) is 0 Å². The summed E-state index contributed by atoms with van der Waals surface area (Å²) >= 11 is 0. The predicted octanol–water partition coefficient (Wildman–Crippen LogP) is 2.28. The van der Waals surface area contributed by atoms with Gasteiger partial charge in [0.05, 0.1) is 6.54 Å². The van der Waals surface area contributed by atoms with Gasteiger partial charge in [0.25, 0.3) is 0 Å². The molecular weight excluding hydrogens is 222 g/mol. The molecule has 3 heteroatoms. The highest BCUT2D eigenvalue weighted by molar-refractivity contribution is 5.82. The summed E-state index contributed by atoms with van der Waals surface area (Å²) < 4.78 is 0. The SMILES string of the molecule is CC12CC3CC(C)(C1)CC(NC1=NCCN1)(C3)C2. The third kappa shape index (κ3) is 1.59. The molecular formula is C15H25N3. The van der Waals surface area contributed by atoms with Gasteiger partial charge in [-0.25, -0.2) is 0 Å². The summed E-state index contributed by atoms with van der Waals surface area (Å²) in [4.78, 5) is 4.55. The summed E-state index contributed by atoms with van der Waals surface area (Å²) in [5, 5.41) is 7.21. The molecule has 1 aliphatic heterocycles. The predicted molar refractivity (Wildman–Crippen MR) is 73.6 cm³/mol. The van der Waals surface area contributed by atoms with E-state index in [-0.39, 0.29) is 0 Å². The van der Waals surface area contributed by atoms with Crippen LogP contribution in [-0.2, 0) is 0 Å². The molecule has 0 saturated heterocycles. The summed E-state index contributed by atoms with van der Waals surface area (Å²) in [7, 11) is 0. The van der Waals surface area contributed by atoms with Gasteiger partial charge in [-0.2, -0.15) is 0 Å². The smallest absolute Gasteiger partial charge is 0.191 e. The van der Waals surface area contributed by atoms with E-state index in [0.717, 1.165) is 25.0 Å². The molecule has 4 fully saturated rings. The second-order valence-electron chi connectivity index (χ2n) is 8.19. The first-order valence-corrected chi connectivity index (χ1v) is 7.55. The molecule has 4 saturated carbocycles. The van der Waals surface area contributed by atoms with Gasteiger partial charge in [-0.05, 0) is 55.3 Å². The topological polar surface area (TPSA) is 36.4 Å². The fraction of sp³-hybridized carbons (Fsp3) is 0.933. The lowest BCUT2D eigenvalue weighted by Gasteiger charge is -2.65. The molecule has 1 heterocycles. The van der Waals surface area contributed by atoms with Gasteiger partial charge in [0.2, 0.25) is 0 Å². The molecule has 2 atom stereocenters. The monoisotopic (exact) mass is 247 g/mol. The van der Waals surface area contributed by atoms with Crippen LogP contribution in [0.5, 0.6) is 0 Å². The molecule has 0 radical (unpaired) electrons. The van der Waals surface area contributed by atoms with Crippen LogP contribution in [0.1, 0.15) is 52.4 Å². The highest BCUT2D eigenvalue weighted by atomic mass is 15.2. The molecule has 4 aliphatic carbocycles. The second-order valence-corrected chi connectivity index (χ2v) is 8.19. The van der Waals surface area contributed by atoms with Crippen molar-refractivity contribution in [1.82, 2.24) is 10.6 Å². The quantitative estimate of drug-likeness (QED) is 0.746.